The Morgan fingerprint density at radius 1 is 1.28 bits per heavy atom. The Morgan fingerprint density at radius 3 is 2.33 bits per heavy atom. The molecule has 2 amide bonds. The van der Waals surface area contributed by atoms with Gasteiger partial charge in [0, 0.05) is 19.5 Å². The second-order valence-electron chi connectivity index (χ2n) is 4.91. The highest BCUT2D eigenvalue weighted by Crippen LogP contribution is 2.05. The number of carbonyl (C=O) groups excluding carboxylic acids is 1. The smallest absolute Gasteiger partial charge is 0.317 e. The van der Waals surface area contributed by atoms with Crippen LogP contribution < -0.4 is 5.32 Å². The third-order valence-corrected chi connectivity index (χ3v) is 2.34. The average Bonchev–Trinajstić information content (AvgIpc) is 2.23. The first-order valence-electron chi connectivity index (χ1n) is 6.23. The van der Waals surface area contributed by atoms with Gasteiger partial charge in [-0.3, -0.25) is 4.79 Å². The van der Waals surface area contributed by atoms with E-state index in [1.165, 1.54) is 4.90 Å². The van der Waals surface area contributed by atoms with Crippen molar-refractivity contribution in [3.63, 3.8) is 0 Å². The number of aliphatic hydroxyl groups is 1. The normalized spacial score (nSPS) is 11.1. The number of rotatable bonds is 8. The zero-order chi connectivity index (χ0) is 14.2. The topological polar surface area (TPSA) is 89.9 Å². The number of carbonyl (C=O) groups is 2. The molecule has 0 fully saturated rings. The summed E-state index contributed by atoms with van der Waals surface area (Å²) in [4.78, 5) is 23.5. The molecule has 0 aromatic rings. The number of hydrogen-bond donors (Lipinski definition) is 3. The SMILES string of the molecule is CCN(CC(C)(C)O)C(=O)NCCCCC(=O)O. The molecule has 18 heavy (non-hydrogen) atoms. The van der Waals surface area contributed by atoms with Gasteiger partial charge >= 0.3 is 12.0 Å². The van der Waals surface area contributed by atoms with Crippen molar-refractivity contribution >= 4 is 12.0 Å². The lowest BCUT2D eigenvalue weighted by molar-refractivity contribution is -0.137. The van der Waals surface area contributed by atoms with E-state index in [0.29, 0.717) is 25.9 Å². The van der Waals surface area contributed by atoms with E-state index in [0.717, 1.165) is 0 Å². The Hall–Kier alpha value is -1.30. The molecule has 6 heteroatoms. The van der Waals surface area contributed by atoms with Crippen LogP contribution in [0.3, 0.4) is 0 Å². The van der Waals surface area contributed by atoms with Crippen LogP contribution >= 0.6 is 0 Å². The molecule has 0 aliphatic rings. The maximum atomic E-state index is 11.7. The summed E-state index contributed by atoms with van der Waals surface area (Å²) in [7, 11) is 0. The van der Waals surface area contributed by atoms with E-state index < -0.39 is 11.6 Å². The molecule has 0 aliphatic heterocycles. The number of nitrogens with one attached hydrogen (secondary N) is 1. The average molecular weight is 260 g/mol. The van der Waals surface area contributed by atoms with Gasteiger partial charge in [-0.05, 0) is 33.6 Å². The van der Waals surface area contributed by atoms with Crippen LogP contribution in [0.5, 0.6) is 0 Å². The molecule has 0 rings (SSSR count). The molecular weight excluding hydrogens is 236 g/mol. The zero-order valence-corrected chi connectivity index (χ0v) is 11.4. The fourth-order valence-corrected chi connectivity index (χ4v) is 1.50. The maximum absolute atomic E-state index is 11.7. The van der Waals surface area contributed by atoms with Crippen LogP contribution in [0, 0.1) is 0 Å². The molecule has 0 saturated heterocycles. The standard InChI is InChI=1S/C12H24N2O4/c1-4-14(9-12(2,3)18)11(17)13-8-6-5-7-10(15)16/h18H,4-9H2,1-3H3,(H,13,17)(H,15,16). The fourth-order valence-electron chi connectivity index (χ4n) is 1.50. The first kappa shape index (κ1) is 16.7. The van der Waals surface area contributed by atoms with Crippen molar-refractivity contribution in [1.29, 1.82) is 0 Å². The molecule has 0 aromatic carbocycles. The zero-order valence-electron chi connectivity index (χ0n) is 11.4. The van der Waals surface area contributed by atoms with Crippen LogP contribution in [-0.2, 0) is 4.79 Å². The summed E-state index contributed by atoms with van der Waals surface area (Å²) in [5, 5.41) is 20.8. The molecule has 3 N–H and O–H groups in total. The molecule has 106 valence electrons. The highest BCUT2D eigenvalue weighted by atomic mass is 16.4. The van der Waals surface area contributed by atoms with Crippen molar-refractivity contribution < 1.29 is 19.8 Å². The Kier molecular flexibility index (Phi) is 7.35. The van der Waals surface area contributed by atoms with Crippen LogP contribution in [0.2, 0.25) is 0 Å². The predicted octanol–water partition coefficient (Wildman–Crippen LogP) is 1.04. The van der Waals surface area contributed by atoms with E-state index in [-0.39, 0.29) is 19.0 Å². The number of likely N-dealkylation sites (N-methyl/N-ethyl adjacent to an activating group) is 1. The van der Waals surface area contributed by atoms with Gasteiger partial charge in [0.1, 0.15) is 0 Å². The summed E-state index contributed by atoms with van der Waals surface area (Å²) in [6.07, 6.45) is 1.31. The number of hydrogen-bond acceptors (Lipinski definition) is 3. The molecule has 0 radical (unpaired) electrons. The third kappa shape index (κ3) is 8.81. The summed E-state index contributed by atoms with van der Waals surface area (Å²) in [6, 6.07) is -0.227. The van der Waals surface area contributed by atoms with Crippen molar-refractivity contribution in [2.75, 3.05) is 19.6 Å². The molecular formula is C12H24N2O4. The van der Waals surface area contributed by atoms with Gasteiger partial charge < -0.3 is 20.4 Å². The summed E-state index contributed by atoms with van der Waals surface area (Å²) >= 11 is 0. The fraction of sp³-hybridized carbons (Fsp3) is 0.833. The highest BCUT2D eigenvalue weighted by Gasteiger charge is 2.20. The summed E-state index contributed by atoms with van der Waals surface area (Å²) in [6.45, 7) is 6.38. The monoisotopic (exact) mass is 260 g/mol. The van der Waals surface area contributed by atoms with Crippen LogP contribution in [-0.4, -0.2) is 52.3 Å². The first-order chi connectivity index (χ1) is 8.26. The lowest BCUT2D eigenvalue weighted by atomic mass is 10.1. The molecule has 0 aliphatic carbocycles. The second kappa shape index (κ2) is 7.92. The number of aliphatic carboxylic acids is 1. The lowest BCUT2D eigenvalue weighted by Crippen LogP contribution is -2.46. The molecule has 0 heterocycles. The molecule has 0 aromatic heterocycles. The molecule has 0 saturated carbocycles. The number of carboxylic acid groups (broad SMARTS) is 1. The van der Waals surface area contributed by atoms with Gasteiger partial charge in [-0.2, -0.15) is 0 Å². The second-order valence-corrected chi connectivity index (χ2v) is 4.91. The number of amides is 2. The largest absolute Gasteiger partial charge is 0.481 e. The number of unbranched alkanes of at least 4 members (excludes halogenated alkanes) is 1. The molecule has 0 spiro atoms. The summed E-state index contributed by atoms with van der Waals surface area (Å²) in [5.74, 6) is -0.821. The van der Waals surface area contributed by atoms with Crippen molar-refractivity contribution in [2.45, 2.75) is 45.6 Å². The predicted molar refractivity (Wildman–Crippen MR) is 68.4 cm³/mol. The van der Waals surface area contributed by atoms with Gasteiger partial charge in [0.05, 0.1) is 12.1 Å². The Bertz CT molecular complexity index is 274. The summed E-state index contributed by atoms with van der Waals surface area (Å²) in [5.41, 5.74) is -0.920. The van der Waals surface area contributed by atoms with Crippen molar-refractivity contribution in [2.24, 2.45) is 0 Å². The van der Waals surface area contributed by atoms with Gasteiger partial charge in [-0.15, -0.1) is 0 Å². The molecule has 0 bridgehead atoms. The minimum absolute atomic E-state index is 0.122. The van der Waals surface area contributed by atoms with E-state index in [2.05, 4.69) is 5.32 Å². The Morgan fingerprint density at radius 2 is 1.89 bits per heavy atom. The molecule has 0 unspecified atom stereocenters. The van der Waals surface area contributed by atoms with Gasteiger partial charge in [-0.1, -0.05) is 0 Å². The van der Waals surface area contributed by atoms with Gasteiger partial charge in [0.15, 0.2) is 0 Å². The Labute approximate surface area is 108 Å². The Balaban J connectivity index is 3.88. The van der Waals surface area contributed by atoms with Crippen LogP contribution in [0.4, 0.5) is 4.79 Å². The van der Waals surface area contributed by atoms with Crippen LogP contribution in [0.25, 0.3) is 0 Å². The van der Waals surface area contributed by atoms with Gasteiger partial charge in [-0.25, -0.2) is 4.79 Å². The number of carboxylic acids is 1. The van der Waals surface area contributed by atoms with Crippen LogP contribution in [0.1, 0.15) is 40.0 Å². The van der Waals surface area contributed by atoms with Crippen LogP contribution in [0.15, 0.2) is 0 Å². The highest BCUT2D eigenvalue weighted by molar-refractivity contribution is 5.74. The molecule has 6 nitrogen and oxygen atoms in total. The van der Waals surface area contributed by atoms with Crippen molar-refractivity contribution in [1.82, 2.24) is 10.2 Å². The minimum Gasteiger partial charge on any atom is -0.481 e. The number of urea groups is 1. The molecule has 0 atom stereocenters. The maximum Gasteiger partial charge on any atom is 0.317 e. The summed E-state index contributed by atoms with van der Waals surface area (Å²) < 4.78 is 0. The van der Waals surface area contributed by atoms with E-state index in [1.54, 1.807) is 13.8 Å². The third-order valence-electron chi connectivity index (χ3n) is 2.34. The van der Waals surface area contributed by atoms with Gasteiger partial charge in [0.2, 0.25) is 0 Å². The number of nitrogens with zero attached hydrogens (tertiary/aromatic N) is 1. The lowest BCUT2D eigenvalue weighted by Gasteiger charge is -2.28. The van der Waals surface area contributed by atoms with E-state index >= 15 is 0 Å². The van der Waals surface area contributed by atoms with Crippen molar-refractivity contribution in [3.8, 4) is 0 Å². The first-order valence-corrected chi connectivity index (χ1v) is 6.23. The quantitative estimate of drug-likeness (QED) is 0.569. The van der Waals surface area contributed by atoms with Gasteiger partial charge in [0.25, 0.3) is 0 Å². The van der Waals surface area contributed by atoms with E-state index in [4.69, 9.17) is 5.11 Å². The van der Waals surface area contributed by atoms with Crippen molar-refractivity contribution in [3.05, 3.63) is 0 Å². The van der Waals surface area contributed by atoms with E-state index in [9.17, 15) is 14.7 Å². The minimum atomic E-state index is -0.920. The van der Waals surface area contributed by atoms with E-state index in [1.807, 2.05) is 6.92 Å².